The number of rotatable bonds is 4. The molecule has 1 aromatic carbocycles. The first-order valence-corrected chi connectivity index (χ1v) is 8.94. The van der Waals surface area contributed by atoms with Crippen molar-refractivity contribution in [2.24, 2.45) is 7.05 Å². The molecule has 0 aliphatic heterocycles. The standard InChI is InChI=1S/C20H23N7/c1-20(2,3)27-19-16(11-24-27)18(22-13-23-19)21-10-15-12-26(4)25-17(15)14-8-6-5-7-9-14/h5-9,11-13H,10H2,1-4H3,(H,21,22,23). The molecule has 4 aromatic rings. The maximum absolute atomic E-state index is 4.62. The van der Waals surface area contributed by atoms with E-state index >= 15 is 0 Å². The molecule has 3 heterocycles. The van der Waals surface area contributed by atoms with Crippen LogP contribution in [0.2, 0.25) is 0 Å². The Morgan fingerprint density at radius 2 is 1.85 bits per heavy atom. The lowest BCUT2D eigenvalue weighted by atomic mass is 10.1. The minimum absolute atomic E-state index is 0.142. The summed E-state index contributed by atoms with van der Waals surface area (Å²) in [5, 5.41) is 13.5. The molecule has 0 aliphatic carbocycles. The van der Waals surface area contributed by atoms with Gasteiger partial charge >= 0.3 is 0 Å². The van der Waals surface area contributed by atoms with Crippen LogP contribution in [-0.2, 0) is 19.1 Å². The summed E-state index contributed by atoms with van der Waals surface area (Å²) in [6, 6.07) is 10.2. The Bertz CT molecular complexity index is 1070. The minimum atomic E-state index is -0.142. The van der Waals surface area contributed by atoms with Crippen LogP contribution in [-0.4, -0.2) is 29.5 Å². The first-order valence-electron chi connectivity index (χ1n) is 8.94. The lowest BCUT2D eigenvalue weighted by Crippen LogP contribution is -2.23. The molecule has 0 bridgehead atoms. The fourth-order valence-electron chi connectivity index (χ4n) is 3.16. The van der Waals surface area contributed by atoms with Gasteiger partial charge in [-0.3, -0.25) is 4.68 Å². The van der Waals surface area contributed by atoms with Gasteiger partial charge in [0.2, 0.25) is 0 Å². The van der Waals surface area contributed by atoms with Gasteiger partial charge in [0.25, 0.3) is 0 Å². The van der Waals surface area contributed by atoms with Crippen LogP contribution in [0.5, 0.6) is 0 Å². The second-order valence-corrected chi connectivity index (χ2v) is 7.58. The minimum Gasteiger partial charge on any atom is -0.365 e. The normalized spacial score (nSPS) is 11.9. The van der Waals surface area contributed by atoms with Crippen LogP contribution in [0.25, 0.3) is 22.3 Å². The van der Waals surface area contributed by atoms with Crippen molar-refractivity contribution in [3.8, 4) is 11.3 Å². The molecule has 4 rings (SSSR count). The molecule has 0 amide bonds. The summed E-state index contributed by atoms with van der Waals surface area (Å²) >= 11 is 0. The van der Waals surface area contributed by atoms with Gasteiger partial charge in [-0.2, -0.15) is 10.2 Å². The molecular formula is C20H23N7. The van der Waals surface area contributed by atoms with Gasteiger partial charge in [-0.05, 0) is 20.8 Å². The van der Waals surface area contributed by atoms with E-state index in [1.807, 2.05) is 47.0 Å². The molecular weight excluding hydrogens is 338 g/mol. The van der Waals surface area contributed by atoms with Gasteiger partial charge < -0.3 is 5.32 Å². The van der Waals surface area contributed by atoms with Crippen LogP contribution in [0.3, 0.4) is 0 Å². The van der Waals surface area contributed by atoms with E-state index in [1.54, 1.807) is 6.33 Å². The summed E-state index contributed by atoms with van der Waals surface area (Å²) in [7, 11) is 1.94. The van der Waals surface area contributed by atoms with Gasteiger partial charge in [-0.1, -0.05) is 30.3 Å². The predicted molar refractivity (Wildman–Crippen MR) is 106 cm³/mol. The summed E-state index contributed by atoms with van der Waals surface area (Å²) in [6.07, 6.45) is 5.44. The summed E-state index contributed by atoms with van der Waals surface area (Å²) < 4.78 is 3.77. The van der Waals surface area contributed by atoms with E-state index in [4.69, 9.17) is 0 Å². The van der Waals surface area contributed by atoms with Crippen molar-refractivity contribution in [1.29, 1.82) is 0 Å². The molecule has 0 saturated heterocycles. The highest BCUT2D eigenvalue weighted by Crippen LogP contribution is 2.26. The Morgan fingerprint density at radius 3 is 2.59 bits per heavy atom. The third-order valence-corrected chi connectivity index (χ3v) is 4.40. The Morgan fingerprint density at radius 1 is 1.07 bits per heavy atom. The fourth-order valence-corrected chi connectivity index (χ4v) is 3.16. The number of nitrogens with zero attached hydrogens (tertiary/aromatic N) is 6. The molecule has 138 valence electrons. The van der Waals surface area contributed by atoms with Crippen LogP contribution < -0.4 is 5.32 Å². The van der Waals surface area contributed by atoms with Crippen LogP contribution in [0.4, 0.5) is 5.82 Å². The first-order chi connectivity index (χ1) is 12.9. The Labute approximate surface area is 158 Å². The molecule has 0 saturated carbocycles. The summed E-state index contributed by atoms with van der Waals surface area (Å²) in [5.74, 6) is 0.776. The smallest absolute Gasteiger partial charge is 0.163 e. The number of benzene rings is 1. The van der Waals surface area contributed by atoms with E-state index in [2.05, 4.69) is 58.4 Å². The number of anilines is 1. The Hall–Kier alpha value is -3.22. The third kappa shape index (κ3) is 3.28. The quantitative estimate of drug-likeness (QED) is 0.601. The zero-order valence-corrected chi connectivity index (χ0v) is 16.0. The van der Waals surface area contributed by atoms with E-state index in [9.17, 15) is 0 Å². The average molecular weight is 361 g/mol. The van der Waals surface area contributed by atoms with Gasteiger partial charge in [-0.25, -0.2) is 14.6 Å². The highest BCUT2D eigenvalue weighted by molar-refractivity contribution is 5.86. The zero-order chi connectivity index (χ0) is 19.0. The fraction of sp³-hybridized carbons (Fsp3) is 0.300. The predicted octanol–water partition coefficient (Wildman–Crippen LogP) is 3.59. The van der Waals surface area contributed by atoms with Crippen LogP contribution in [0, 0.1) is 0 Å². The van der Waals surface area contributed by atoms with Crippen LogP contribution >= 0.6 is 0 Å². The number of hydrogen-bond acceptors (Lipinski definition) is 5. The van der Waals surface area contributed by atoms with Gasteiger partial charge in [0, 0.05) is 30.9 Å². The number of nitrogens with one attached hydrogen (secondary N) is 1. The monoisotopic (exact) mass is 361 g/mol. The summed E-state index contributed by atoms with van der Waals surface area (Å²) in [5.41, 5.74) is 3.87. The molecule has 7 heteroatoms. The summed E-state index contributed by atoms with van der Waals surface area (Å²) in [6.45, 7) is 6.94. The van der Waals surface area contributed by atoms with E-state index in [0.717, 1.165) is 33.7 Å². The van der Waals surface area contributed by atoms with Gasteiger partial charge in [0.05, 0.1) is 22.8 Å². The molecule has 0 atom stereocenters. The molecule has 0 radical (unpaired) electrons. The molecule has 3 aromatic heterocycles. The van der Waals surface area contributed by atoms with Crippen LogP contribution in [0.15, 0.2) is 49.1 Å². The first kappa shape index (κ1) is 17.2. The van der Waals surface area contributed by atoms with Crippen molar-refractivity contribution >= 4 is 16.9 Å². The van der Waals surface area contributed by atoms with E-state index in [-0.39, 0.29) is 5.54 Å². The highest BCUT2D eigenvalue weighted by atomic mass is 15.3. The molecule has 0 unspecified atom stereocenters. The lowest BCUT2D eigenvalue weighted by molar-refractivity contribution is 0.366. The van der Waals surface area contributed by atoms with Gasteiger partial charge in [0.15, 0.2) is 5.65 Å². The van der Waals surface area contributed by atoms with Crippen molar-refractivity contribution in [2.75, 3.05) is 5.32 Å². The van der Waals surface area contributed by atoms with E-state index in [1.165, 1.54) is 0 Å². The van der Waals surface area contributed by atoms with Crippen molar-refractivity contribution in [2.45, 2.75) is 32.9 Å². The van der Waals surface area contributed by atoms with Crippen molar-refractivity contribution in [3.63, 3.8) is 0 Å². The number of aryl methyl sites for hydroxylation is 1. The van der Waals surface area contributed by atoms with Gasteiger partial charge in [-0.15, -0.1) is 0 Å². The van der Waals surface area contributed by atoms with E-state index in [0.29, 0.717) is 6.54 Å². The molecule has 0 aliphatic rings. The molecule has 27 heavy (non-hydrogen) atoms. The zero-order valence-electron chi connectivity index (χ0n) is 16.0. The van der Waals surface area contributed by atoms with Gasteiger partial charge in [0.1, 0.15) is 12.1 Å². The molecule has 0 fully saturated rings. The number of fused-ring (bicyclic) bond motifs is 1. The number of aromatic nitrogens is 6. The Kier molecular flexibility index (Phi) is 4.14. The highest BCUT2D eigenvalue weighted by Gasteiger charge is 2.19. The van der Waals surface area contributed by atoms with Crippen LogP contribution in [0.1, 0.15) is 26.3 Å². The second-order valence-electron chi connectivity index (χ2n) is 7.58. The second kappa shape index (κ2) is 6.50. The van der Waals surface area contributed by atoms with Crippen molar-refractivity contribution < 1.29 is 0 Å². The third-order valence-electron chi connectivity index (χ3n) is 4.40. The topological polar surface area (TPSA) is 73.5 Å². The molecule has 0 spiro atoms. The number of hydrogen-bond donors (Lipinski definition) is 1. The molecule has 1 N–H and O–H groups in total. The van der Waals surface area contributed by atoms with Crippen molar-refractivity contribution in [3.05, 3.63) is 54.6 Å². The molecule has 7 nitrogen and oxygen atoms in total. The maximum atomic E-state index is 4.62. The average Bonchev–Trinajstić information content (AvgIpc) is 3.24. The Balaban J connectivity index is 1.65. The maximum Gasteiger partial charge on any atom is 0.163 e. The lowest BCUT2D eigenvalue weighted by Gasteiger charge is -2.19. The largest absolute Gasteiger partial charge is 0.365 e. The summed E-state index contributed by atoms with van der Waals surface area (Å²) in [4.78, 5) is 8.85. The van der Waals surface area contributed by atoms with E-state index < -0.39 is 0 Å². The van der Waals surface area contributed by atoms with Crippen molar-refractivity contribution in [1.82, 2.24) is 29.5 Å². The SMILES string of the molecule is Cn1cc(CNc2ncnc3c2cnn3C(C)(C)C)c(-c2ccccc2)n1.